The van der Waals surface area contributed by atoms with Crippen molar-refractivity contribution in [2.75, 3.05) is 0 Å². The smallest absolute Gasteiger partial charge is 0.182 e. The van der Waals surface area contributed by atoms with E-state index >= 15 is 0 Å². The lowest BCUT2D eigenvalue weighted by Gasteiger charge is -2.09. The molecule has 0 aromatic carbocycles. The van der Waals surface area contributed by atoms with Crippen molar-refractivity contribution >= 4 is 0 Å². The highest BCUT2D eigenvalue weighted by Gasteiger charge is 2.11. The number of hydrogen-bond acceptors (Lipinski definition) is 5. The summed E-state index contributed by atoms with van der Waals surface area (Å²) in [6, 6.07) is 1.91. The minimum absolute atomic E-state index is 0.624. The zero-order valence-electron chi connectivity index (χ0n) is 9.58. The van der Waals surface area contributed by atoms with Crippen molar-refractivity contribution in [3.63, 3.8) is 0 Å². The summed E-state index contributed by atoms with van der Waals surface area (Å²) in [7, 11) is 0. The molecule has 86 valence electrons. The van der Waals surface area contributed by atoms with Gasteiger partial charge in [-0.15, -0.1) is 0 Å². The Morgan fingerprint density at radius 3 is 2.94 bits per heavy atom. The van der Waals surface area contributed by atoms with Gasteiger partial charge in [0.25, 0.3) is 0 Å². The van der Waals surface area contributed by atoms with Crippen molar-refractivity contribution in [1.29, 1.82) is 0 Å². The van der Waals surface area contributed by atoms with Gasteiger partial charge in [-0.05, 0) is 13.8 Å². The average Bonchev–Trinajstić information content (AvgIpc) is 2.88. The van der Waals surface area contributed by atoms with Gasteiger partial charge in [0.05, 0.1) is 6.54 Å². The van der Waals surface area contributed by atoms with E-state index in [0.29, 0.717) is 12.4 Å². The molecule has 0 N–H and O–H groups in total. The third kappa shape index (κ3) is 1.77. The molecule has 3 rings (SSSR count). The Bertz CT molecular complexity index is 627. The number of imidazole rings is 1. The monoisotopic (exact) mass is 229 g/mol. The quantitative estimate of drug-likeness (QED) is 0.664. The molecule has 0 aliphatic carbocycles. The largest absolute Gasteiger partial charge is 0.361 e. The van der Waals surface area contributed by atoms with Gasteiger partial charge in [-0.25, -0.2) is 15.0 Å². The van der Waals surface area contributed by atoms with Gasteiger partial charge in [-0.2, -0.15) is 0 Å². The summed E-state index contributed by atoms with van der Waals surface area (Å²) in [4.78, 5) is 12.6. The van der Waals surface area contributed by atoms with Crippen LogP contribution in [0.4, 0.5) is 0 Å². The van der Waals surface area contributed by atoms with Crippen molar-refractivity contribution < 1.29 is 4.52 Å². The minimum Gasteiger partial charge on any atom is -0.361 e. The second-order valence-corrected chi connectivity index (χ2v) is 3.93. The van der Waals surface area contributed by atoms with Crippen LogP contribution >= 0.6 is 0 Å². The number of aromatic nitrogens is 5. The zero-order valence-corrected chi connectivity index (χ0v) is 9.58. The first kappa shape index (κ1) is 9.95. The molecule has 0 amide bonds. The molecule has 6 heteroatoms. The lowest BCUT2D eigenvalue weighted by molar-refractivity contribution is 0.388. The van der Waals surface area contributed by atoms with E-state index in [1.165, 1.54) is 6.33 Å². The van der Waals surface area contributed by atoms with Crippen LogP contribution in [0.2, 0.25) is 0 Å². The lowest BCUT2D eigenvalue weighted by atomic mass is 10.3. The van der Waals surface area contributed by atoms with Gasteiger partial charge >= 0.3 is 0 Å². The summed E-state index contributed by atoms with van der Waals surface area (Å²) in [5, 5.41) is 3.96. The van der Waals surface area contributed by atoms with Crippen molar-refractivity contribution in [3.8, 4) is 11.5 Å². The Balaban J connectivity index is 2.00. The molecule has 0 spiro atoms. The Hall–Kier alpha value is -2.24. The van der Waals surface area contributed by atoms with E-state index < -0.39 is 0 Å². The molecule has 0 radical (unpaired) electrons. The van der Waals surface area contributed by atoms with Crippen molar-refractivity contribution in [2.45, 2.75) is 20.4 Å². The van der Waals surface area contributed by atoms with Crippen LogP contribution < -0.4 is 0 Å². The van der Waals surface area contributed by atoms with E-state index in [2.05, 4.69) is 20.1 Å². The van der Waals surface area contributed by atoms with Crippen molar-refractivity contribution in [1.82, 2.24) is 24.7 Å². The number of rotatable bonds is 2. The number of fused-ring (bicyclic) bond motifs is 1. The van der Waals surface area contributed by atoms with Crippen LogP contribution in [0.1, 0.15) is 17.3 Å². The normalized spacial score (nSPS) is 11.2. The highest BCUT2D eigenvalue weighted by atomic mass is 16.5. The molecule has 2 aliphatic rings. The summed E-state index contributed by atoms with van der Waals surface area (Å²) in [5.41, 5.74) is 1.66. The van der Waals surface area contributed by atoms with Crippen LogP contribution in [0.3, 0.4) is 0 Å². The molecule has 0 atom stereocenters. The molecule has 1 aromatic rings. The first-order chi connectivity index (χ1) is 8.22. The fraction of sp³-hybridized carbons (Fsp3) is 0.273. The molecular weight excluding hydrogens is 218 g/mol. The molecule has 3 heterocycles. The molecule has 0 unspecified atom stereocenters. The van der Waals surface area contributed by atoms with Crippen LogP contribution in [0.15, 0.2) is 23.1 Å². The maximum atomic E-state index is 5.04. The van der Waals surface area contributed by atoms with Gasteiger partial charge in [0.1, 0.15) is 29.3 Å². The van der Waals surface area contributed by atoms with Crippen LogP contribution in [-0.2, 0) is 6.54 Å². The molecule has 0 bridgehead atoms. The van der Waals surface area contributed by atoms with Gasteiger partial charge in [-0.3, -0.25) is 0 Å². The molecule has 2 aliphatic heterocycles. The maximum absolute atomic E-state index is 5.04. The van der Waals surface area contributed by atoms with E-state index in [-0.39, 0.29) is 0 Å². The Labute approximate surface area is 97.7 Å². The summed E-state index contributed by atoms with van der Waals surface area (Å²) in [6.07, 6.45) is 3.44. The molecule has 17 heavy (non-hydrogen) atoms. The standard InChI is InChI=1S/C11H11N5O/c1-7-3-9(15-17-7)4-16-5-10-11(13-6-12-10)14-8(16)2/h3,5-6H,4H2,1-2H3. The van der Waals surface area contributed by atoms with Gasteiger partial charge in [0, 0.05) is 12.3 Å². The predicted octanol–water partition coefficient (Wildman–Crippen LogP) is 1.43. The topological polar surface area (TPSA) is 69.6 Å². The van der Waals surface area contributed by atoms with Crippen molar-refractivity contribution in [2.24, 2.45) is 0 Å². The van der Waals surface area contributed by atoms with Crippen LogP contribution in [0, 0.1) is 13.8 Å². The highest BCUT2D eigenvalue weighted by Crippen LogP contribution is 2.15. The Kier molecular flexibility index (Phi) is 2.14. The maximum Gasteiger partial charge on any atom is 0.182 e. The van der Waals surface area contributed by atoms with Gasteiger partial charge in [0.15, 0.2) is 5.82 Å². The van der Waals surface area contributed by atoms with E-state index in [1.807, 2.05) is 30.7 Å². The lowest BCUT2D eigenvalue weighted by Crippen LogP contribution is -2.08. The average molecular weight is 229 g/mol. The minimum atomic E-state index is 0.624. The first-order valence-corrected chi connectivity index (χ1v) is 5.29. The summed E-state index contributed by atoms with van der Waals surface area (Å²) in [5.74, 6) is 2.36. The number of aryl methyl sites for hydroxylation is 2. The predicted molar refractivity (Wildman–Crippen MR) is 59.5 cm³/mol. The van der Waals surface area contributed by atoms with E-state index in [4.69, 9.17) is 4.52 Å². The van der Waals surface area contributed by atoms with Crippen LogP contribution in [-0.4, -0.2) is 24.7 Å². The third-order valence-electron chi connectivity index (χ3n) is 2.58. The first-order valence-electron chi connectivity index (χ1n) is 5.29. The van der Waals surface area contributed by atoms with E-state index in [0.717, 1.165) is 23.0 Å². The summed E-state index contributed by atoms with van der Waals surface area (Å²) in [6.45, 7) is 4.43. The molecule has 0 saturated carbocycles. The van der Waals surface area contributed by atoms with Gasteiger partial charge < -0.3 is 9.09 Å². The SMILES string of the molecule is Cc1cc(Cn2cc3ncnc-3nc2C)no1. The summed E-state index contributed by atoms with van der Waals surface area (Å²) >= 11 is 0. The second kappa shape index (κ2) is 3.65. The molecule has 0 fully saturated rings. The fourth-order valence-electron chi connectivity index (χ4n) is 1.73. The fourth-order valence-corrected chi connectivity index (χ4v) is 1.73. The summed E-state index contributed by atoms with van der Waals surface area (Å²) < 4.78 is 7.02. The van der Waals surface area contributed by atoms with Gasteiger partial charge in [0.2, 0.25) is 0 Å². The van der Waals surface area contributed by atoms with Gasteiger partial charge in [-0.1, -0.05) is 5.16 Å². The third-order valence-corrected chi connectivity index (χ3v) is 2.58. The van der Waals surface area contributed by atoms with E-state index in [1.54, 1.807) is 0 Å². The molecule has 0 saturated heterocycles. The van der Waals surface area contributed by atoms with Crippen molar-refractivity contribution in [3.05, 3.63) is 35.9 Å². The number of hydrogen-bond donors (Lipinski definition) is 0. The number of nitrogens with zero attached hydrogens (tertiary/aromatic N) is 5. The second-order valence-electron chi connectivity index (χ2n) is 3.93. The highest BCUT2D eigenvalue weighted by molar-refractivity contribution is 5.48. The molecule has 6 nitrogen and oxygen atoms in total. The van der Waals surface area contributed by atoms with Crippen LogP contribution in [0.25, 0.3) is 11.5 Å². The zero-order chi connectivity index (χ0) is 11.8. The van der Waals surface area contributed by atoms with E-state index in [9.17, 15) is 0 Å². The van der Waals surface area contributed by atoms with Crippen LogP contribution in [0.5, 0.6) is 0 Å². The Morgan fingerprint density at radius 1 is 1.29 bits per heavy atom. The molecular formula is C11H11N5O. The Morgan fingerprint density at radius 2 is 2.18 bits per heavy atom. The molecule has 1 aromatic heterocycles.